The number of carbonyl (C=O) groups excluding carboxylic acids is 1. The number of likely N-dealkylation sites (N-methyl/N-ethyl adjacent to an activating group) is 1. The van der Waals surface area contributed by atoms with Crippen molar-refractivity contribution in [3.63, 3.8) is 0 Å². The minimum Gasteiger partial charge on any atom is -0.370 e. The summed E-state index contributed by atoms with van der Waals surface area (Å²) in [4.78, 5) is 18.9. The summed E-state index contributed by atoms with van der Waals surface area (Å²) < 4.78 is 5.61. The molecule has 142 valence electrons. The number of rotatable bonds is 6. The molecule has 0 aromatic rings. The van der Waals surface area contributed by atoms with E-state index in [9.17, 15) is 4.79 Å². The SMILES string of the molecule is CC.CC(C)C1CCN(C(=O)COCCN2CCN(C)CC2)CC1. The van der Waals surface area contributed by atoms with Crippen LogP contribution in [0.2, 0.25) is 0 Å². The third kappa shape index (κ3) is 7.49. The molecule has 2 saturated heterocycles. The van der Waals surface area contributed by atoms with Crippen LogP contribution in [0.1, 0.15) is 40.5 Å². The van der Waals surface area contributed by atoms with Crippen molar-refractivity contribution in [1.82, 2.24) is 14.7 Å². The van der Waals surface area contributed by atoms with E-state index in [2.05, 4.69) is 30.7 Å². The fourth-order valence-corrected chi connectivity index (χ4v) is 3.33. The van der Waals surface area contributed by atoms with Crippen LogP contribution in [-0.2, 0) is 9.53 Å². The normalized spacial score (nSPS) is 20.8. The molecule has 0 N–H and O–H groups in total. The molecule has 0 aliphatic carbocycles. The molecule has 2 rings (SSSR count). The molecule has 0 aromatic heterocycles. The van der Waals surface area contributed by atoms with Gasteiger partial charge in [0.15, 0.2) is 0 Å². The Kier molecular flexibility index (Phi) is 10.5. The van der Waals surface area contributed by atoms with Crippen molar-refractivity contribution in [3.8, 4) is 0 Å². The van der Waals surface area contributed by atoms with Crippen LogP contribution >= 0.6 is 0 Å². The zero-order valence-corrected chi connectivity index (χ0v) is 16.6. The lowest BCUT2D eigenvalue weighted by Crippen LogP contribution is -2.45. The summed E-state index contributed by atoms with van der Waals surface area (Å²) in [5.41, 5.74) is 0. The van der Waals surface area contributed by atoms with Crippen molar-refractivity contribution in [2.45, 2.75) is 40.5 Å². The molecule has 0 aromatic carbocycles. The first-order valence-corrected chi connectivity index (χ1v) is 9.82. The predicted molar refractivity (Wildman–Crippen MR) is 100 cm³/mol. The third-order valence-electron chi connectivity index (χ3n) is 5.21. The molecule has 0 atom stereocenters. The quantitative estimate of drug-likeness (QED) is 0.694. The standard InChI is InChI=1S/C17H33N3O2.C2H6/c1-15(2)16-4-6-20(7-5-16)17(21)14-22-13-12-19-10-8-18(3)9-11-19;1-2/h15-16H,4-14H2,1-3H3;1-2H3. The van der Waals surface area contributed by atoms with E-state index < -0.39 is 0 Å². The second-order valence-corrected chi connectivity index (χ2v) is 7.16. The molecule has 2 aliphatic heterocycles. The predicted octanol–water partition coefficient (Wildman–Crippen LogP) is 2.17. The highest BCUT2D eigenvalue weighted by molar-refractivity contribution is 5.77. The fraction of sp³-hybridized carbons (Fsp3) is 0.947. The monoisotopic (exact) mass is 341 g/mol. The molecule has 0 spiro atoms. The molecule has 5 nitrogen and oxygen atoms in total. The number of ether oxygens (including phenoxy) is 1. The molecular formula is C19H39N3O2. The number of piperidine rings is 1. The van der Waals surface area contributed by atoms with Crippen LogP contribution in [0, 0.1) is 11.8 Å². The minimum absolute atomic E-state index is 0.167. The molecule has 2 heterocycles. The molecule has 0 bridgehead atoms. The Morgan fingerprint density at radius 2 is 1.62 bits per heavy atom. The number of nitrogens with zero attached hydrogens (tertiary/aromatic N) is 3. The second-order valence-electron chi connectivity index (χ2n) is 7.16. The van der Waals surface area contributed by atoms with Crippen molar-refractivity contribution < 1.29 is 9.53 Å². The van der Waals surface area contributed by atoms with Crippen LogP contribution < -0.4 is 0 Å². The minimum atomic E-state index is 0.167. The summed E-state index contributed by atoms with van der Waals surface area (Å²) in [5, 5.41) is 0. The Bertz CT molecular complexity index is 334. The summed E-state index contributed by atoms with van der Waals surface area (Å²) in [5.74, 6) is 1.68. The first-order valence-electron chi connectivity index (χ1n) is 9.82. The van der Waals surface area contributed by atoms with E-state index in [0.29, 0.717) is 6.61 Å². The van der Waals surface area contributed by atoms with Gasteiger partial charge >= 0.3 is 0 Å². The summed E-state index contributed by atoms with van der Waals surface area (Å²) >= 11 is 0. The van der Waals surface area contributed by atoms with E-state index in [1.165, 1.54) is 0 Å². The zero-order valence-electron chi connectivity index (χ0n) is 16.6. The maximum Gasteiger partial charge on any atom is 0.248 e. The lowest BCUT2D eigenvalue weighted by atomic mass is 9.87. The van der Waals surface area contributed by atoms with Gasteiger partial charge in [-0.15, -0.1) is 0 Å². The van der Waals surface area contributed by atoms with Gasteiger partial charge < -0.3 is 14.5 Å². The third-order valence-corrected chi connectivity index (χ3v) is 5.21. The van der Waals surface area contributed by atoms with Crippen LogP contribution in [0.15, 0.2) is 0 Å². The highest BCUT2D eigenvalue weighted by Crippen LogP contribution is 2.24. The van der Waals surface area contributed by atoms with Gasteiger partial charge in [0.2, 0.25) is 5.91 Å². The molecule has 5 heteroatoms. The van der Waals surface area contributed by atoms with Crippen molar-refractivity contribution in [1.29, 1.82) is 0 Å². The van der Waals surface area contributed by atoms with Crippen molar-refractivity contribution >= 4 is 5.91 Å². The topological polar surface area (TPSA) is 36.0 Å². The lowest BCUT2D eigenvalue weighted by molar-refractivity contribution is -0.137. The molecule has 0 radical (unpaired) electrons. The largest absolute Gasteiger partial charge is 0.370 e. The molecule has 0 unspecified atom stereocenters. The molecular weight excluding hydrogens is 302 g/mol. The first-order chi connectivity index (χ1) is 11.6. The second kappa shape index (κ2) is 11.8. The fourth-order valence-electron chi connectivity index (χ4n) is 3.33. The van der Waals surface area contributed by atoms with Crippen LogP contribution in [0.3, 0.4) is 0 Å². The molecule has 2 fully saturated rings. The van der Waals surface area contributed by atoms with Gasteiger partial charge in [0.25, 0.3) is 0 Å². The smallest absolute Gasteiger partial charge is 0.248 e. The van der Waals surface area contributed by atoms with E-state index in [4.69, 9.17) is 4.74 Å². The lowest BCUT2D eigenvalue weighted by Gasteiger charge is -2.34. The van der Waals surface area contributed by atoms with Gasteiger partial charge in [-0.1, -0.05) is 27.7 Å². The molecule has 0 saturated carbocycles. The molecule has 24 heavy (non-hydrogen) atoms. The van der Waals surface area contributed by atoms with E-state index >= 15 is 0 Å². The van der Waals surface area contributed by atoms with Gasteiger partial charge in [0.05, 0.1) is 6.61 Å². The van der Waals surface area contributed by atoms with Gasteiger partial charge in [-0.05, 0) is 31.7 Å². The Labute approximate surface area is 149 Å². The average Bonchev–Trinajstić information content (AvgIpc) is 2.62. The highest BCUT2D eigenvalue weighted by atomic mass is 16.5. The van der Waals surface area contributed by atoms with E-state index in [-0.39, 0.29) is 12.5 Å². The Morgan fingerprint density at radius 1 is 1.04 bits per heavy atom. The Morgan fingerprint density at radius 3 is 2.17 bits per heavy atom. The summed E-state index contributed by atoms with van der Waals surface area (Å²) in [6, 6.07) is 0. The Balaban J connectivity index is 0.00000139. The van der Waals surface area contributed by atoms with E-state index in [0.717, 1.165) is 70.5 Å². The Hall–Kier alpha value is -0.650. The number of piperazine rings is 1. The maximum absolute atomic E-state index is 12.1. The maximum atomic E-state index is 12.1. The van der Waals surface area contributed by atoms with Gasteiger partial charge in [-0.2, -0.15) is 0 Å². The van der Waals surface area contributed by atoms with Gasteiger partial charge in [-0.25, -0.2) is 0 Å². The van der Waals surface area contributed by atoms with Crippen molar-refractivity contribution in [3.05, 3.63) is 0 Å². The van der Waals surface area contributed by atoms with E-state index in [1.807, 2.05) is 18.7 Å². The first kappa shape index (κ1) is 21.4. The van der Waals surface area contributed by atoms with Crippen LogP contribution in [0.25, 0.3) is 0 Å². The number of amides is 1. The summed E-state index contributed by atoms with van der Waals surface area (Å²) in [6.45, 7) is 16.7. The molecule has 1 amide bonds. The van der Waals surface area contributed by atoms with E-state index in [1.54, 1.807) is 0 Å². The van der Waals surface area contributed by atoms with Gasteiger partial charge in [-0.3, -0.25) is 9.69 Å². The average molecular weight is 342 g/mol. The molecule has 2 aliphatic rings. The summed E-state index contributed by atoms with van der Waals surface area (Å²) in [6.07, 6.45) is 2.29. The van der Waals surface area contributed by atoms with Crippen LogP contribution in [0.5, 0.6) is 0 Å². The number of likely N-dealkylation sites (tertiary alicyclic amines) is 1. The van der Waals surface area contributed by atoms with Crippen molar-refractivity contribution in [2.75, 3.05) is 66.1 Å². The van der Waals surface area contributed by atoms with Crippen molar-refractivity contribution in [2.24, 2.45) is 11.8 Å². The number of hydrogen-bond donors (Lipinski definition) is 0. The number of hydrogen-bond acceptors (Lipinski definition) is 4. The number of carbonyl (C=O) groups is 1. The van der Waals surface area contributed by atoms with Crippen LogP contribution in [-0.4, -0.2) is 86.7 Å². The van der Waals surface area contributed by atoms with Crippen LogP contribution in [0.4, 0.5) is 0 Å². The highest BCUT2D eigenvalue weighted by Gasteiger charge is 2.24. The van der Waals surface area contributed by atoms with Gasteiger partial charge in [0.1, 0.15) is 6.61 Å². The summed E-state index contributed by atoms with van der Waals surface area (Å²) in [7, 11) is 2.16. The van der Waals surface area contributed by atoms with Gasteiger partial charge in [0, 0.05) is 45.8 Å². The zero-order chi connectivity index (χ0) is 17.9.